The van der Waals surface area contributed by atoms with E-state index in [2.05, 4.69) is 20.6 Å². The highest BCUT2D eigenvalue weighted by Crippen LogP contribution is 2.25. The van der Waals surface area contributed by atoms with Crippen molar-refractivity contribution in [3.63, 3.8) is 0 Å². The molecule has 0 unspecified atom stereocenters. The molecule has 98 valence electrons. The summed E-state index contributed by atoms with van der Waals surface area (Å²) in [6.07, 6.45) is 1.47. The zero-order chi connectivity index (χ0) is 13.8. The van der Waals surface area contributed by atoms with Crippen molar-refractivity contribution in [1.82, 2.24) is 9.97 Å². The number of amides is 1. The lowest BCUT2D eigenvalue weighted by Gasteiger charge is -2.11. The van der Waals surface area contributed by atoms with Crippen molar-refractivity contribution < 1.29 is 4.79 Å². The van der Waals surface area contributed by atoms with E-state index in [0.717, 1.165) is 0 Å². The number of carbonyl (C=O) groups excluding carboxylic acids is 1. The lowest BCUT2D eigenvalue weighted by molar-refractivity contribution is 0.100. The molecule has 2 rings (SSSR count). The Bertz CT molecular complexity index is 617. The number of halogens is 1. The quantitative estimate of drug-likeness (QED) is 0.795. The Balaban J connectivity index is 2.38. The van der Waals surface area contributed by atoms with Gasteiger partial charge in [0.05, 0.1) is 17.4 Å². The zero-order valence-electron chi connectivity index (χ0n) is 10.1. The van der Waals surface area contributed by atoms with E-state index in [1.807, 2.05) is 0 Å². The molecule has 0 aliphatic heterocycles. The number of nitrogens with zero attached hydrogens (tertiary/aromatic N) is 2. The number of hydrogen-bond acceptors (Lipinski definition) is 5. The van der Waals surface area contributed by atoms with E-state index >= 15 is 0 Å². The highest BCUT2D eigenvalue weighted by Gasteiger charge is 2.10. The van der Waals surface area contributed by atoms with Gasteiger partial charge in [-0.2, -0.15) is 4.98 Å². The van der Waals surface area contributed by atoms with Gasteiger partial charge in [0.15, 0.2) is 5.82 Å². The minimum absolute atomic E-state index is 0.346. The molecule has 1 heterocycles. The number of anilines is 3. The van der Waals surface area contributed by atoms with Crippen LogP contribution in [0, 0.1) is 0 Å². The van der Waals surface area contributed by atoms with Gasteiger partial charge >= 0.3 is 0 Å². The Labute approximate surface area is 115 Å². The first kappa shape index (κ1) is 13.1. The normalized spacial score (nSPS) is 10.0. The molecular formula is C12H12ClN5O. The third-order valence-corrected chi connectivity index (χ3v) is 2.69. The summed E-state index contributed by atoms with van der Waals surface area (Å²) in [6, 6.07) is 6.85. The van der Waals surface area contributed by atoms with Gasteiger partial charge in [0, 0.05) is 7.05 Å². The van der Waals surface area contributed by atoms with Crippen LogP contribution in [-0.4, -0.2) is 22.9 Å². The van der Waals surface area contributed by atoms with Crippen molar-refractivity contribution >= 4 is 35.0 Å². The molecule has 1 aromatic carbocycles. The molecule has 2 aromatic rings. The van der Waals surface area contributed by atoms with Crippen LogP contribution >= 0.6 is 11.6 Å². The van der Waals surface area contributed by atoms with Gasteiger partial charge in [0.1, 0.15) is 5.02 Å². The fourth-order valence-corrected chi connectivity index (χ4v) is 1.65. The largest absolute Gasteiger partial charge is 0.366 e. The number of rotatable bonds is 4. The van der Waals surface area contributed by atoms with Gasteiger partial charge in [-0.3, -0.25) is 4.79 Å². The molecule has 0 saturated heterocycles. The van der Waals surface area contributed by atoms with Crippen LogP contribution in [0.4, 0.5) is 17.5 Å². The number of aromatic nitrogens is 2. The second-order valence-corrected chi connectivity index (χ2v) is 4.08. The van der Waals surface area contributed by atoms with Crippen LogP contribution in [0.1, 0.15) is 10.4 Å². The maximum absolute atomic E-state index is 11.3. The van der Waals surface area contributed by atoms with Gasteiger partial charge in [-0.1, -0.05) is 23.7 Å². The van der Waals surface area contributed by atoms with E-state index in [0.29, 0.717) is 28.0 Å². The van der Waals surface area contributed by atoms with Gasteiger partial charge in [-0.25, -0.2) is 4.98 Å². The summed E-state index contributed by atoms with van der Waals surface area (Å²) in [7, 11) is 1.70. The first-order valence-corrected chi connectivity index (χ1v) is 5.85. The van der Waals surface area contributed by atoms with Crippen LogP contribution < -0.4 is 16.4 Å². The molecule has 0 aliphatic carbocycles. The summed E-state index contributed by atoms with van der Waals surface area (Å²) in [5, 5.41) is 6.12. The topological polar surface area (TPSA) is 92.9 Å². The van der Waals surface area contributed by atoms with E-state index in [-0.39, 0.29) is 0 Å². The van der Waals surface area contributed by atoms with Gasteiger partial charge in [0.2, 0.25) is 5.95 Å². The maximum atomic E-state index is 11.3. The molecule has 0 radical (unpaired) electrons. The SMILES string of the molecule is CNc1ncc(Cl)c(Nc2ccccc2C(N)=O)n1. The minimum Gasteiger partial charge on any atom is -0.366 e. The Morgan fingerprint density at radius 1 is 1.37 bits per heavy atom. The molecular weight excluding hydrogens is 266 g/mol. The molecule has 0 fully saturated rings. The smallest absolute Gasteiger partial charge is 0.250 e. The highest BCUT2D eigenvalue weighted by molar-refractivity contribution is 6.33. The number of nitrogens with two attached hydrogens (primary N) is 1. The number of primary amides is 1. The lowest BCUT2D eigenvalue weighted by Crippen LogP contribution is -2.13. The first-order valence-electron chi connectivity index (χ1n) is 5.48. The second kappa shape index (κ2) is 5.53. The number of benzene rings is 1. The summed E-state index contributed by atoms with van der Waals surface area (Å²) in [5.41, 5.74) is 6.21. The number of hydrogen-bond donors (Lipinski definition) is 3. The number of nitrogens with one attached hydrogen (secondary N) is 2. The molecule has 0 bridgehead atoms. The van der Waals surface area contributed by atoms with Gasteiger partial charge < -0.3 is 16.4 Å². The van der Waals surface area contributed by atoms with E-state index in [9.17, 15) is 4.79 Å². The number of para-hydroxylation sites is 1. The van der Waals surface area contributed by atoms with Crippen molar-refractivity contribution in [1.29, 1.82) is 0 Å². The van der Waals surface area contributed by atoms with Crippen LogP contribution in [0.2, 0.25) is 5.02 Å². The lowest BCUT2D eigenvalue weighted by atomic mass is 10.1. The fourth-order valence-electron chi connectivity index (χ4n) is 1.51. The van der Waals surface area contributed by atoms with Gasteiger partial charge in [0.25, 0.3) is 5.91 Å². The second-order valence-electron chi connectivity index (χ2n) is 3.67. The molecule has 0 atom stereocenters. The van der Waals surface area contributed by atoms with Crippen molar-refractivity contribution in [3.05, 3.63) is 41.0 Å². The van der Waals surface area contributed by atoms with E-state index in [4.69, 9.17) is 17.3 Å². The van der Waals surface area contributed by atoms with Crippen molar-refractivity contribution in [2.45, 2.75) is 0 Å². The van der Waals surface area contributed by atoms with Crippen molar-refractivity contribution in [2.24, 2.45) is 5.73 Å². The summed E-state index contributed by atoms with van der Waals surface area (Å²) >= 11 is 6.00. The molecule has 0 aliphatic rings. The third kappa shape index (κ3) is 2.92. The Kier molecular flexibility index (Phi) is 3.82. The molecule has 4 N–H and O–H groups in total. The molecule has 1 amide bonds. The van der Waals surface area contributed by atoms with Crippen LogP contribution in [0.5, 0.6) is 0 Å². The molecule has 7 heteroatoms. The minimum atomic E-state index is -0.526. The molecule has 19 heavy (non-hydrogen) atoms. The Morgan fingerprint density at radius 3 is 2.79 bits per heavy atom. The molecule has 0 spiro atoms. The third-order valence-electron chi connectivity index (χ3n) is 2.41. The van der Waals surface area contributed by atoms with E-state index < -0.39 is 5.91 Å². The average Bonchev–Trinajstić information content (AvgIpc) is 2.41. The summed E-state index contributed by atoms with van der Waals surface area (Å²) < 4.78 is 0. The predicted octanol–water partition coefficient (Wildman–Crippen LogP) is 2.01. The Hall–Kier alpha value is -2.34. The van der Waals surface area contributed by atoms with Gasteiger partial charge in [-0.15, -0.1) is 0 Å². The van der Waals surface area contributed by atoms with Crippen LogP contribution in [-0.2, 0) is 0 Å². The summed E-state index contributed by atoms with van der Waals surface area (Å²) in [4.78, 5) is 19.5. The molecule has 0 saturated carbocycles. The molecule has 1 aromatic heterocycles. The van der Waals surface area contributed by atoms with Crippen LogP contribution in [0.25, 0.3) is 0 Å². The average molecular weight is 278 g/mol. The first-order chi connectivity index (χ1) is 9.11. The number of carbonyl (C=O) groups is 1. The standard InChI is InChI=1S/C12H12ClN5O/c1-15-12-16-6-8(13)11(18-12)17-9-5-3-2-4-7(9)10(14)19/h2-6H,1H3,(H2,14,19)(H2,15,16,17,18). The van der Waals surface area contributed by atoms with Crippen molar-refractivity contribution in [3.8, 4) is 0 Å². The van der Waals surface area contributed by atoms with Crippen LogP contribution in [0.3, 0.4) is 0 Å². The van der Waals surface area contributed by atoms with E-state index in [1.54, 1.807) is 31.3 Å². The van der Waals surface area contributed by atoms with Gasteiger partial charge in [-0.05, 0) is 12.1 Å². The monoisotopic (exact) mass is 277 g/mol. The summed E-state index contributed by atoms with van der Waals surface area (Å²) in [6.45, 7) is 0. The molecule has 6 nitrogen and oxygen atoms in total. The summed E-state index contributed by atoms with van der Waals surface area (Å²) in [5.74, 6) is 0.292. The maximum Gasteiger partial charge on any atom is 0.250 e. The van der Waals surface area contributed by atoms with Crippen LogP contribution in [0.15, 0.2) is 30.5 Å². The highest BCUT2D eigenvalue weighted by atomic mass is 35.5. The van der Waals surface area contributed by atoms with Crippen molar-refractivity contribution in [2.75, 3.05) is 17.7 Å². The van der Waals surface area contributed by atoms with E-state index in [1.165, 1.54) is 6.20 Å². The fraction of sp³-hybridized carbons (Fsp3) is 0.0833. The Morgan fingerprint density at radius 2 is 2.11 bits per heavy atom. The predicted molar refractivity (Wildman–Crippen MR) is 74.8 cm³/mol. The zero-order valence-corrected chi connectivity index (χ0v) is 10.9.